The van der Waals surface area contributed by atoms with Gasteiger partial charge in [-0.3, -0.25) is 4.79 Å². The SMILES string of the molecule is O=C1CC(O)C[C@H](CSc2nc(-c3ccccc3)c(-c3ccccc3)[nH]2)O1. The van der Waals surface area contributed by atoms with Crippen LogP contribution < -0.4 is 0 Å². The Hall–Kier alpha value is -2.57. The zero-order valence-corrected chi connectivity index (χ0v) is 15.5. The Kier molecular flexibility index (Phi) is 5.27. The van der Waals surface area contributed by atoms with Crippen LogP contribution in [-0.2, 0) is 9.53 Å². The van der Waals surface area contributed by atoms with Gasteiger partial charge in [0.25, 0.3) is 0 Å². The highest BCUT2D eigenvalue weighted by molar-refractivity contribution is 7.99. The number of nitrogens with zero attached hydrogens (tertiary/aromatic N) is 1. The molecular weight excluding hydrogens is 360 g/mol. The molecule has 1 aliphatic heterocycles. The van der Waals surface area contributed by atoms with Crippen molar-refractivity contribution < 1.29 is 14.6 Å². The number of H-pyrrole nitrogens is 1. The third-order valence-corrected chi connectivity index (χ3v) is 5.44. The minimum Gasteiger partial charge on any atom is -0.461 e. The Bertz CT molecular complexity index is 855. The molecule has 2 aromatic carbocycles. The number of esters is 1. The summed E-state index contributed by atoms with van der Waals surface area (Å²) in [5.41, 5.74) is 3.96. The molecule has 2 atom stereocenters. The molecule has 0 amide bonds. The molecule has 1 aliphatic rings. The first kappa shape index (κ1) is 17.8. The average Bonchev–Trinajstić information content (AvgIpc) is 3.11. The van der Waals surface area contributed by atoms with E-state index in [2.05, 4.69) is 4.98 Å². The second kappa shape index (κ2) is 7.98. The first-order valence-electron chi connectivity index (χ1n) is 8.90. The van der Waals surface area contributed by atoms with E-state index in [1.807, 2.05) is 60.7 Å². The van der Waals surface area contributed by atoms with Crippen LogP contribution >= 0.6 is 11.8 Å². The zero-order valence-electron chi connectivity index (χ0n) is 14.7. The summed E-state index contributed by atoms with van der Waals surface area (Å²) in [5.74, 6) is 0.215. The second-order valence-electron chi connectivity index (χ2n) is 6.51. The number of thioether (sulfide) groups is 1. The maximum atomic E-state index is 11.5. The fraction of sp³-hybridized carbons (Fsp3) is 0.238. The number of rotatable bonds is 5. The van der Waals surface area contributed by atoms with E-state index in [1.165, 1.54) is 11.8 Å². The fourth-order valence-corrected chi connectivity index (χ4v) is 4.05. The van der Waals surface area contributed by atoms with E-state index in [-0.39, 0.29) is 18.5 Å². The summed E-state index contributed by atoms with van der Waals surface area (Å²) >= 11 is 1.50. The number of imidazole rings is 1. The largest absolute Gasteiger partial charge is 0.461 e. The summed E-state index contributed by atoms with van der Waals surface area (Å²) in [6, 6.07) is 20.1. The van der Waals surface area contributed by atoms with Crippen LogP contribution in [0.1, 0.15) is 12.8 Å². The topological polar surface area (TPSA) is 75.2 Å². The van der Waals surface area contributed by atoms with E-state index >= 15 is 0 Å². The van der Waals surface area contributed by atoms with Crippen molar-refractivity contribution >= 4 is 17.7 Å². The summed E-state index contributed by atoms with van der Waals surface area (Å²) < 4.78 is 5.32. The van der Waals surface area contributed by atoms with Gasteiger partial charge in [0.15, 0.2) is 5.16 Å². The van der Waals surface area contributed by atoms with Gasteiger partial charge in [0, 0.05) is 23.3 Å². The molecule has 0 bridgehead atoms. The monoisotopic (exact) mass is 380 g/mol. The summed E-state index contributed by atoms with van der Waals surface area (Å²) in [6.07, 6.45) is -0.362. The minimum absolute atomic E-state index is 0.0816. The summed E-state index contributed by atoms with van der Waals surface area (Å²) in [7, 11) is 0. The number of ether oxygens (including phenoxy) is 1. The van der Waals surface area contributed by atoms with Crippen molar-refractivity contribution in [3.63, 3.8) is 0 Å². The van der Waals surface area contributed by atoms with Gasteiger partial charge in [-0.1, -0.05) is 72.4 Å². The van der Waals surface area contributed by atoms with Crippen LogP contribution in [0.15, 0.2) is 65.8 Å². The molecule has 4 rings (SSSR count). The van der Waals surface area contributed by atoms with Crippen molar-refractivity contribution in [2.24, 2.45) is 0 Å². The maximum absolute atomic E-state index is 11.5. The zero-order chi connectivity index (χ0) is 18.6. The number of hydrogen-bond donors (Lipinski definition) is 2. The van der Waals surface area contributed by atoms with Crippen molar-refractivity contribution in [2.45, 2.75) is 30.2 Å². The van der Waals surface area contributed by atoms with Crippen LogP contribution in [0.5, 0.6) is 0 Å². The van der Waals surface area contributed by atoms with E-state index < -0.39 is 6.10 Å². The normalized spacial score (nSPS) is 19.7. The number of benzene rings is 2. The lowest BCUT2D eigenvalue weighted by Crippen LogP contribution is -2.33. The second-order valence-corrected chi connectivity index (χ2v) is 7.52. The molecule has 0 spiro atoms. The predicted molar refractivity (Wildman–Crippen MR) is 105 cm³/mol. The first-order valence-corrected chi connectivity index (χ1v) is 9.89. The lowest BCUT2D eigenvalue weighted by Gasteiger charge is -2.25. The highest BCUT2D eigenvalue weighted by Crippen LogP contribution is 2.33. The molecule has 0 radical (unpaired) electrons. The van der Waals surface area contributed by atoms with E-state index in [0.717, 1.165) is 27.7 Å². The number of carbonyl (C=O) groups is 1. The lowest BCUT2D eigenvalue weighted by molar-refractivity contribution is -0.158. The smallest absolute Gasteiger partial charge is 0.308 e. The Morgan fingerprint density at radius 2 is 1.74 bits per heavy atom. The van der Waals surface area contributed by atoms with Gasteiger partial charge in [-0.25, -0.2) is 4.98 Å². The number of aliphatic hydroxyl groups is 1. The number of carbonyl (C=O) groups excluding carboxylic acids is 1. The molecule has 0 aliphatic carbocycles. The summed E-state index contributed by atoms with van der Waals surface area (Å²) in [6.45, 7) is 0. The van der Waals surface area contributed by atoms with Gasteiger partial charge in [0.05, 0.1) is 23.9 Å². The van der Waals surface area contributed by atoms with Crippen molar-refractivity contribution in [3.05, 3.63) is 60.7 Å². The summed E-state index contributed by atoms with van der Waals surface area (Å²) in [4.78, 5) is 19.7. The van der Waals surface area contributed by atoms with Gasteiger partial charge in [0.1, 0.15) is 6.10 Å². The highest BCUT2D eigenvalue weighted by atomic mass is 32.2. The molecule has 27 heavy (non-hydrogen) atoms. The Labute approximate surface area is 161 Å². The molecule has 3 aromatic rings. The van der Waals surface area contributed by atoms with E-state index in [1.54, 1.807) is 0 Å². The standard InChI is InChI=1S/C21H20N2O3S/c24-16-11-17(26-18(25)12-16)13-27-21-22-19(14-7-3-1-4-8-14)20(23-21)15-9-5-2-6-10-15/h1-10,16-17,24H,11-13H2,(H,22,23)/t16?,17-/m1/s1. The van der Waals surface area contributed by atoms with Gasteiger partial charge in [0.2, 0.25) is 0 Å². The number of cyclic esters (lactones) is 1. The molecule has 1 aromatic heterocycles. The summed E-state index contributed by atoms with van der Waals surface area (Å²) in [5, 5.41) is 10.5. The number of aliphatic hydroxyl groups excluding tert-OH is 1. The third-order valence-electron chi connectivity index (χ3n) is 4.43. The molecule has 138 valence electrons. The van der Waals surface area contributed by atoms with Crippen LogP contribution in [0.3, 0.4) is 0 Å². The third kappa shape index (κ3) is 4.23. The molecule has 1 saturated heterocycles. The number of nitrogens with one attached hydrogen (secondary N) is 1. The highest BCUT2D eigenvalue weighted by Gasteiger charge is 2.27. The van der Waals surface area contributed by atoms with Gasteiger partial charge in [-0.05, 0) is 0 Å². The molecule has 5 nitrogen and oxygen atoms in total. The molecule has 6 heteroatoms. The predicted octanol–water partition coefficient (Wildman–Crippen LogP) is 3.90. The van der Waals surface area contributed by atoms with Crippen LogP contribution in [0.25, 0.3) is 22.5 Å². The van der Waals surface area contributed by atoms with Gasteiger partial charge in [-0.15, -0.1) is 0 Å². The van der Waals surface area contributed by atoms with Crippen LogP contribution in [0, 0.1) is 0 Å². The van der Waals surface area contributed by atoms with Crippen LogP contribution in [-0.4, -0.2) is 39.0 Å². The quantitative estimate of drug-likeness (QED) is 0.519. The van der Waals surface area contributed by atoms with E-state index in [0.29, 0.717) is 12.2 Å². The van der Waals surface area contributed by atoms with Gasteiger partial charge in [-0.2, -0.15) is 0 Å². The Morgan fingerprint density at radius 1 is 1.07 bits per heavy atom. The van der Waals surface area contributed by atoms with Crippen LogP contribution in [0.2, 0.25) is 0 Å². The minimum atomic E-state index is -0.617. The molecule has 1 fully saturated rings. The fourth-order valence-electron chi connectivity index (χ4n) is 3.17. The average molecular weight is 380 g/mol. The lowest BCUT2D eigenvalue weighted by atomic mass is 10.1. The van der Waals surface area contributed by atoms with Crippen molar-refractivity contribution in [1.29, 1.82) is 0 Å². The number of aromatic nitrogens is 2. The van der Waals surface area contributed by atoms with Crippen molar-refractivity contribution in [2.75, 3.05) is 5.75 Å². The molecular formula is C21H20N2O3S. The number of hydrogen-bond acceptors (Lipinski definition) is 5. The molecule has 2 heterocycles. The first-order chi connectivity index (χ1) is 13.2. The van der Waals surface area contributed by atoms with E-state index in [9.17, 15) is 9.90 Å². The molecule has 1 unspecified atom stereocenters. The number of aromatic amines is 1. The van der Waals surface area contributed by atoms with E-state index in [4.69, 9.17) is 9.72 Å². The van der Waals surface area contributed by atoms with Gasteiger partial charge >= 0.3 is 5.97 Å². The molecule has 0 saturated carbocycles. The maximum Gasteiger partial charge on any atom is 0.308 e. The van der Waals surface area contributed by atoms with Gasteiger partial charge < -0.3 is 14.8 Å². The van der Waals surface area contributed by atoms with Crippen molar-refractivity contribution in [1.82, 2.24) is 9.97 Å². The van der Waals surface area contributed by atoms with Crippen molar-refractivity contribution in [3.8, 4) is 22.5 Å². The Balaban J connectivity index is 1.59. The Morgan fingerprint density at radius 3 is 2.41 bits per heavy atom. The molecule has 2 N–H and O–H groups in total. The van der Waals surface area contributed by atoms with Crippen LogP contribution in [0.4, 0.5) is 0 Å².